The van der Waals surface area contributed by atoms with Crippen molar-refractivity contribution < 1.29 is 14.2 Å². The highest BCUT2D eigenvalue weighted by Crippen LogP contribution is 2.39. The number of rotatable bonds is 3. The van der Waals surface area contributed by atoms with Crippen molar-refractivity contribution in [2.75, 3.05) is 18.6 Å². The summed E-state index contributed by atoms with van der Waals surface area (Å²) in [5, 5.41) is 19.3. The first-order chi connectivity index (χ1) is 12.1. The summed E-state index contributed by atoms with van der Waals surface area (Å²) in [6.45, 7) is 2.45. The molecule has 0 saturated heterocycles. The zero-order valence-electron chi connectivity index (χ0n) is 14.0. The molecule has 5 nitrogen and oxygen atoms in total. The van der Waals surface area contributed by atoms with E-state index in [1.54, 1.807) is 38.4 Å². The van der Waals surface area contributed by atoms with Gasteiger partial charge in [0.05, 0.1) is 30.6 Å². The van der Waals surface area contributed by atoms with E-state index >= 15 is 0 Å². The quantitative estimate of drug-likeness (QED) is 0.791. The van der Waals surface area contributed by atoms with Gasteiger partial charge in [-0.25, -0.2) is 4.39 Å². The Hall–Kier alpha value is -2.73. The first kappa shape index (κ1) is 15.8. The molecule has 0 spiro atoms. The summed E-state index contributed by atoms with van der Waals surface area (Å²) in [5.41, 5.74) is 4.23. The van der Waals surface area contributed by atoms with Crippen molar-refractivity contribution in [1.29, 1.82) is 0 Å². The molecule has 4 rings (SSSR count). The highest BCUT2D eigenvalue weighted by Gasteiger charge is 2.24. The van der Waals surface area contributed by atoms with Crippen LogP contribution in [0.4, 0.5) is 15.8 Å². The lowest BCUT2D eigenvalue weighted by molar-refractivity contribution is 0.194. The van der Waals surface area contributed by atoms with E-state index in [0.717, 1.165) is 35.3 Å². The van der Waals surface area contributed by atoms with Crippen LogP contribution in [0.2, 0.25) is 0 Å². The van der Waals surface area contributed by atoms with Gasteiger partial charge in [-0.15, -0.1) is 0 Å². The lowest BCUT2D eigenvalue weighted by Crippen LogP contribution is -2.14. The van der Waals surface area contributed by atoms with E-state index in [9.17, 15) is 9.50 Å². The van der Waals surface area contributed by atoms with Crippen molar-refractivity contribution in [3.8, 4) is 5.75 Å². The monoisotopic (exact) mass is 339 g/mol. The van der Waals surface area contributed by atoms with Crippen molar-refractivity contribution in [1.82, 2.24) is 10.2 Å². The molecule has 25 heavy (non-hydrogen) atoms. The van der Waals surface area contributed by atoms with E-state index < -0.39 is 6.10 Å². The zero-order valence-corrected chi connectivity index (χ0v) is 14.0. The number of anilines is 2. The summed E-state index contributed by atoms with van der Waals surface area (Å²) in [6, 6.07) is 8.53. The Morgan fingerprint density at radius 3 is 2.84 bits per heavy atom. The van der Waals surface area contributed by atoms with E-state index in [-0.39, 0.29) is 5.82 Å². The standard InChI is InChI=1S/C19H18FN3O2/c1-11(24)14-8-15-16(9-19(14)25-2)22-21-10-18(15)23-6-5-12-7-13(20)3-4-17(12)23/h3-4,7-11,24H,5-6H2,1-2H3. The fraction of sp³-hybridized carbons (Fsp3) is 0.263. The van der Waals surface area contributed by atoms with Gasteiger partial charge in [0.25, 0.3) is 0 Å². The SMILES string of the molecule is COc1cc2nncc(N3CCc4cc(F)ccc43)c2cc1C(C)O. The normalized spacial score (nSPS) is 14.6. The average Bonchev–Trinajstić information content (AvgIpc) is 3.02. The summed E-state index contributed by atoms with van der Waals surface area (Å²) in [5.74, 6) is 0.359. The van der Waals surface area contributed by atoms with E-state index in [2.05, 4.69) is 15.1 Å². The molecule has 1 unspecified atom stereocenters. The molecule has 3 aromatic rings. The maximum atomic E-state index is 13.5. The number of hydrogen-bond acceptors (Lipinski definition) is 5. The molecule has 0 amide bonds. The van der Waals surface area contributed by atoms with Crippen LogP contribution >= 0.6 is 0 Å². The number of aliphatic hydroxyl groups excluding tert-OH is 1. The Balaban J connectivity index is 1.90. The van der Waals surface area contributed by atoms with Crippen LogP contribution in [0, 0.1) is 5.82 Å². The largest absolute Gasteiger partial charge is 0.496 e. The topological polar surface area (TPSA) is 58.5 Å². The van der Waals surface area contributed by atoms with Gasteiger partial charge in [-0.2, -0.15) is 10.2 Å². The zero-order chi connectivity index (χ0) is 17.6. The number of aromatic nitrogens is 2. The van der Waals surface area contributed by atoms with Crippen LogP contribution in [0.15, 0.2) is 36.5 Å². The number of methoxy groups -OCH3 is 1. The van der Waals surface area contributed by atoms with Gasteiger partial charge >= 0.3 is 0 Å². The molecule has 1 aliphatic rings. The van der Waals surface area contributed by atoms with Crippen molar-refractivity contribution in [3.63, 3.8) is 0 Å². The molecule has 0 saturated carbocycles. The van der Waals surface area contributed by atoms with Crippen LogP contribution < -0.4 is 9.64 Å². The number of ether oxygens (including phenoxy) is 1. The van der Waals surface area contributed by atoms with Crippen molar-refractivity contribution >= 4 is 22.3 Å². The maximum Gasteiger partial charge on any atom is 0.126 e. The van der Waals surface area contributed by atoms with Gasteiger partial charge in [0.1, 0.15) is 11.6 Å². The van der Waals surface area contributed by atoms with Gasteiger partial charge in [-0.1, -0.05) is 0 Å². The number of hydrogen-bond donors (Lipinski definition) is 1. The lowest BCUT2D eigenvalue weighted by atomic mass is 10.0. The summed E-state index contributed by atoms with van der Waals surface area (Å²) in [4.78, 5) is 2.12. The molecule has 2 heterocycles. The van der Waals surface area contributed by atoms with Gasteiger partial charge in [-0.3, -0.25) is 0 Å². The Morgan fingerprint density at radius 1 is 1.24 bits per heavy atom. The molecule has 1 atom stereocenters. The third kappa shape index (κ3) is 2.59. The van der Waals surface area contributed by atoms with Gasteiger partial charge in [0.15, 0.2) is 0 Å². The third-order valence-corrected chi connectivity index (χ3v) is 4.65. The molecule has 128 valence electrons. The highest BCUT2D eigenvalue weighted by atomic mass is 19.1. The minimum Gasteiger partial charge on any atom is -0.496 e. The van der Waals surface area contributed by atoms with Crippen LogP contribution in [-0.4, -0.2) is 29.0 Å². The molecular formula is C19H18FN3O2. The Morgan fingerprint density at radius 2 is 2.08 bits per heavy atom. The number of fused-ring (bicyclic) bond motifs is 2. The maximum absolute atomic E-state index is 13.5. The number of halogens is 1. The number of nitrogens with zero attached hydrogens (tertiary/aromatic N) is 3. The first-order valence-electron chi connectivity index (χ1n) is 8.16. The van der Waals surface area contributed by atoms with Gasteiger partial charge in [0, 0.05) is 29.2 Å². The fourth-order valence-electron chi connectivity index (χ4n) is 3.43. The molecule has 1 aromatic heterocycles. The molecule has 0 fully saturated rings. The van der Waals surface area contributed by atoms with Gasteiger partial charge in [0.2, 0.25) is 0 Å². The first-order valence-corrected chi connectivity index (χ1v) is 8.16. The van der Waals surface area contributed by atoms with Crippen LogP contribution in [0.5, 0.6) is 5.75 Å². The molecule has 0 aliphatic carbocycles. The highest BCUT2D eigenvalue weighted by molar-refractivity contribution is 5.95. The van der Waals surface area contributed by atoms with Crippen molar-refractivity contribution in [2.45, 2.75) is 19.4 Å². The third-order valence-electron chi connectivity index (χ3n) is 4.65. The van der Waals surface area contributed by atoms with E-state index in [0.29, 0.717) is 16.8 Å². The minimum absolute atomic E-state index is 0.223. The number of benzene rings is 2. The van der Waals surface area contributed by atoms with Crippen LogP contribution in [-0.2, 0) is 6.42 Å². The van der Waals surface area contributed by atoms with E-state index in [4.69, 9.17) is 4.74 Å². The average molecular weight is 339 g/mol. The summed E-state index contributed by atoms with van der Waals surface area (Å²) in [7, 11) is 1.57. The van der Waals surface area contributed by atoms with Crippen LogP contribution in [0.3, 0.4) is 0 Å². The lowest BCUT2D eigenvalue weighted by Gasteiger charge is -2.22. The molecular weight excluding hydrogens is 321 g/mol. The van der Waals surface area contributed by atoms with Gasteiger partial charge < -0.3 is 14.7 Å². The van der Waals surface area contributed by atoms with Crippen molar-refractivity contribution in [2.24, 2.45) is 0 Å². The Labute approximate surface area is 144 Å². The minimum atomic E-state index is -0.666. The molecule has 0 bridgehead atoms. The predicted molar refractivity (Wildman–Crippen MR) is 93.8 cm³/mol. The molecule has 0 radical (unpaired) electrons. The Bertz CT molecular complexity index is 959. The molecule has 2 aromatic carbocycles. The van der Waals surface area contributed by atoms with Gasteiger partial charge in [-0.05, 0) is 43.2 Å². The van der Waals surface area contributed by atoms with Crippen molar-refractivity contribution in [3.05, 3.63) is 53.5 Å². The summed E-state index contributed by atoms with van der Waals surface area (Å²) in [6.07, 6.45) is 1.82. The number of aliphatic hydroxyl groups is 1. The Kier molecular flexibility index (Phi) is 3.77. The van der Waals surface area contributed by atoms with E-state index in [1.807, 2.05) is 6.07 Å². The second-order valence-electron chi connectivity index (χ2n) is 6.19. The summed E-state index contributed by atoms with van der Waals surface area (Å²) >= 11 is 0. The molecule has 1 aliphatic heterocycles. The predicted octanol–water partition coefficient (Wildman–Crippen LogP) is 3.53. The second-order valence-corrected chi connectivity index (χ2v) is 6.19. The molecule has 1 N–H and O–H groups in total. The smallest absolute Gasteiger partial charge is 0.126 e. The van der Waals surface area contributed by atoms with Crippen LogP contribution in [0.1, 0.15) is 24.2 Å². The summed E-state index contributed by atoms with van der Waals surface area (Å²) < 4.78 is 18.9. The molecule has 6 heteroatoms. The van der Waals surface area contributed by atoms with E-state index in [1.165, 1.54) is 6.07 Å². The van der Waals surface area contributed by atoms with Crippen LogP contribution in [0.25, 0.3) is 10.9 Å². The second kappa shape index (κ2) is 5.97. The fourth-order valence-corrected chi connectivity index (χ4v) is 3.43.